The van der Waals surface area contributed by atoms with Crippen LogP contribution in [0.25, 0.3) is 0 Å². The summed E-state index contributed by atoms with van der Waals surface area (Å²) in [6.07, 6.45) is 0. The Morgan fingerprint density at radius 1 is 0.600 bits per heavy atom. The van der Waals surface area contributed by atoms with Crippen molar-refractivity contribution in [2.45, 2.75) is 0 Å². The molecule has 0 amide bonds. The Morgan fingerprint density at radius 3 is 1.20 bits per heavy atom. The summed E-state index contributed by atoms with van der Waals surface area (Å²) < 4.78 is 0. The molecule has 0 fully saturated rings. The van der Waals surface area contributed by atoms with Crippen LogP contribution >= 0.6 is 0 Å². The van der Waals surface area contributed by atoms with Crippen LogP contribution in [0.1, 0.15) is 11.1 Å². The van der Waals surface area contributed by atoms with E-state index in [-0.39, 0.29) is 27.4 Å². The number of rotatable bonds is 5. The van der Waals surface area contributed by atoms with Crippen LogP contribution in [-0.4, -0.2) is 21.8 Å². The molecule has 0 saturated heterocycles. The molecule has 0 unspecified atom stereocenters. The second-order valence-corrected chi connectivity index (χ2v) is 5.34. The van der Waals surface area contributed by atoms with Gasteiger partial charge in [-0.3, -0.25) is 0 Å². The average Bonchev–Trinajstić information content (AvgIpc) is 2.59. The third-order valence-electron chi connectivity index (χ3n) is 2.82. The van der Waals surface area contributed by atoms with E-state index in [9.17, 15) is 0 Å². The van der Waals surface area contributed by atoms with Crippen LogP contribution in [0, 0.1) is 0 Å². The van der Waals surface area contributed by atoms with Crippen LogP contribution in [0.3, 0.4) is 0 Å². The van der Waals surface area contributed by atoms with E-state index in [1.165, 1.54) is 0 Å². The first-order valence-electron chi connectivity index (χ1n) is 6.85. The summed E-state index contributed by atoms with van der Waals surface area (Å²) in [6.45, 7) is 0. The molecule has 0 spiro atoms. The predicted molar refractivity (Wildman–Crippen MR) is 104 cm³/mol. The molecule has 2 aromatic carbocycles. The first-order chi connectivity index (χ1) is 11.6. The fourth-order valence-corrected chi connectivity index (χ4v) is 1.96. The molecule has 0 aliphatic carbocycles. The van der Waals surface area contributed by atoms with Gasteiger partial charge >= 0.3 is 17.1 Å². The number of hydrogen-bond acceptors (Lipinski definition) is 6. The molecule has 0 aliphatic rings. The smallest absolute Gasteiger partial charge is 0.741 e. The molecule has 9 heteroatoms. The fraction of sp³-hybridized carbons (Fsp3) is 0. The standard InChI is InChI=1S/C16H16N6S2.Cu/c17-15(23)21-19-13(11-7-3-1-4-8-11)14(20-22-16(18)24)12-9-5-2-6-10-12;/h1-10H,(H3,17,21,23)(H3,18,22,24);/q;+2/p-2. The molecule has 1 radical (unpaired) electrons. The van der Waals surface area contributed by atoms with Crippen LogP contribution in [-0.2, 0) is 42.3 Å². The van der Waals surface area contributed by atoms with E-state index in [4.69, 9.17) is 36.7 Å². The summed E-state index contributed by atoms with van der Waals surface area (Å²) in [4.78, 5) is 0. The van der Waals surface area contributed by atoms with Crippen molar-refractivity contribution < 1.29 is 17.1 Å². The molecule has 0 aliphatic heterocycles. The Bertz CT molecular complexity index is 726. The molecule has 0 bridgehead atoms. The molecule has 2 aromatic rings. The van der Waals surface area contributed by atoms with Gasteiger partial charge in [-0.05, 0) is 10.3 Å². The van der Waals surface area contributed by atoms with E-state index >= 15 is 0 Å². The Balaban J connectivity index is 0.00000312. The summed E-state index contributed by atoms with van der Waals surface area (Å²) in [5, 5.41) is 15.7. The van der Waals surface area contributed by atoms with Crippen molar-refractivity contribution in [2.24, 2.45) is 31.9 Å². The molecule has 0 atom stereocenters. The Labute approximate surface area is 167 Å². The topological polar surface area (TPSA) is 101 Å². The minimum Gasteiger partial charge on any atom is -0.741 e. The van der Waals surface area contributed by atoms with Gasteiger partial charge in [0.2, 0.25) is 0 Å². The van der Waals surface area contributed by atoms with Gasteiger partial charge in [0.25, 0.3) is 0 Å². The van der Waals surface area contributed by atoms with E-state index in [1.54, 1.807) is 0 Å². The van der Waals surface area contributed by atoms with Crippen molar-refractivity contribution in [3.05, 3.63) is 71.8 Å². The Kier molecular flexibility index (Phi) is 8.72. The first-order valence-corrected chi connectivity index (χ1v) is 7.67. The van der Waals surface area contributed by atoms with Crippen molar-refractivity contribution in [1.82, 2.24) is 0 Å². The van der Waals surface area contributed by atoms with Gasteiger partial charge in [-0.1, -0.05) is 60.7 Å². The summed E-state index contributed by atoms with van der Waals surface area (Å²) in [5.74, 6) is 0. The fourth-order valence-electron chi connectivity index (χ4n) is 1.87. The van der Waals surface area contributed by atoms with Gasteiger partial charge in [0.15, 0.2) is 0 Å². The van der Waals surface area contributed by atoms with Gasteiger partial charge in [0, 0.05) is 11.1 Å². The minimum atomic E-state index is -0.0814. The zero-order valence-corrected chi connectivity index (χ0v) is 15.4. The SMILES string of the molecule is NC([S-])=NN=C(C(=NN=C(N)[S-])c1ccccc1)c1ccccc1.[Cu+2]. The third kappa shape index (κ3) is 6.60. The quantitative estimate of drug-likeness (QED) is 0.253. The van der Waals surface area contributed by atoms with E-state index in [2.05, 4.69) is 20.4 Å². The Morgan fingerprint density at radius 2 is 0.920 bits per heavy atom. The van der Waals surface area contributed by atoms with Crippen LogP contribution in [0.5, 0.6) is 0 Å². The Hall–Kier alpha value is -2.32. The number of nitrogens with two attached hydrogens (primary N) is 2. The zero-order valence-electron chi connectivity index (χ0n) is 12.8. The normalized spacial score (nSPS) is 13.3. The average molecular weight is 418 g/mol. The van der Waals surface area contributed by atoms with E-state index in [1.807, 2.05) is 60.7 Å². The van der Waals surface area contributed by atoms with Crippen LogP contribution < -0.4 is 11.5 Å². The largest absolute Gasteiger partial charge is 2.00 e. The second kappa shape index (κ2) is 10.5. The molecule has 6 nitrogen and oxygen atoms in total. The van der Waals surface area contributed by atoms with Gasteiger partial charge in [-0.2, -0.15) is 10.2 Å². The van der Waals surface area contributed by atoms with Gasteiger partial charge in [-0.15, -0.1) is 10.2 Å². The predicted octanol–water partition coefficient (Wildman–Crippen LogP) is 1.52. The summed E-state index contributed by atoms with van der Waals surface area (Å²) in [6, 6.07) is 18.8. The van der Waals surface area contributed by atoms with E-state index in [0.717, 1.165) is 11.1 Å². The maximum absolute atomic E-state index is 5.43. The van der Waals surface area contributed by atoms with Crippen LogP contribution in [0.2, 0.25) is 0 Å². The summed E-state index contributed by atoms with van der Waals surface area (Å²) in [7, 11) is 0. The summed E-state index contributed by atoms with van der Waals surface area (Å²) >= 11 is 9.55. The van der Waals surface area contributed by atoms with E-state index < -0.39 is 0 Å². The molecule has 0 heterocycles. The molecule has 2 rings (SSSR count). The molecular formula is C16H14CuN6S2. The molecule has 25 heavy (non-hydrogen) atoms. The minimum absolute atomic E-state index is 0. The van der Waals surface area contributed by atoms with Crippen molar-refractivity contribution in [3.8, 4) is 0 Å². The maximum atomic E-state index is 5.43. The molecule has 4 N–H and O–H groups in total. The first kappa shape index (κ1) is 20.7. The number of hydrogen-bond donors (Lipinski definition) is 2. The van der Waals surface area contributed by atoms with Crippen LogP contribution in [0.15, 0.2) is 81.1 Å². The number of nitrogens with zero attached hydrogens (tertiary/aromatic N) is 4. The van der Waals surface area contributed by atoms with Crippen molar-refractivity contribution in [1.29, 1.82) is 0 Å². The maximum Gasteiger partial charge on any atom is 2.00 e. The zero-order chi connectivity index (χ0) is 17.4. The van der Waals surface area contributed by atoms with Crippen molar-refractivity contribution in [2.75, 3.05) is 0 Å². The molecular weight excluding hydrogens is 404 g/mol. The molecule has 131 valence electrons. The second-order valence-electron chi connectivity index (χ2n) is 4.51. The van der Waals surface area contributed by atoms with Gasteiger partial charge < -0.3 is 36.7 Å². The number of amidine groups is 2. The van der Waals surface area contributed by atoms with Gasteiger partial charge in [-0.25, -0.2) is 0 Å². The van der Waals surface area contributed by atoms with Crippen molar-refractivity contribution >= 4 is 47.0 Å². The van der Waals surface area contributed by atoms with Crippen LogP contribution in [0.4, 0.5) is 0 Å². The molecule has 0 aromatic heterocycles. The van der Waals surface area contributed by atoms with Gasteiger partial charge in [0.05, 0.1) is 0 Å². The van der Waals surface area contributed by atoms with E-state index in [0.29, 0.717) is 11.4 Å². The van der Waals surface area contributed by atoms with Gasteiger partial charge in [0.1, 0.15) is 11.4 Å². The third-order valence-corrected chi connectivity index (χ3v) is 2.98. The van der Waals surface area contributed by atoms with Crippen molar-refractivity contribution in [3.63, 3.8) is 0 Å². The molecule has 0 saturated carbocycles. The summed E-state index contributed by atoms with van der Waals surface area (Å²) in [5.41, 5.74) is 13.3. The monoisotopic (exact) mass is 417 g/mol. The number of benzene rings is 2.